The van der Waals surface area contributed by atoms with Gasteiger partial charge in [0.2, 0.25) is 0 Å². The van der Waals surface area contributed by atoms with Gasteiger partial charge in [-0.25, -0.2) is 0 Å². The Bertz CT molecular complexity index is 428. The number of piperidine rings is 1. The topological polar surface area (TPSA) is 53.6 Å². The molecule has 1 aliphatic rings. The van der Waals surface area contributed by atoms with Gasteiger partial charge in [-0.3, -0.25) is 4.99 Å². The number of nitrogens with zero attached hydrogens (tertiary/aromatic N) is 2. The van der Waals surface area contributed by atoms with Crippen LogP contribution >= 0.6 is 24.0 Å². The van der Waals surface area contributed by atoms with Gasteiger partial charge in [0, 0.05) is 12.2 Å². The molecule has 0 radical (unpaired) electrons. The maximum atomic E-state index is 5.89. The molecule has 0 aromatic heterocycles. The fourth-order valence-corrected chi connectivity index (χ4v) is 2.41. The van der Waals surface area contributed by atoms with Gasteiger partial charge in [-0.2, -0.15) is 0 Å². The second kappa shape index (κ2) is 9.18. The van der Waals surface area contributed by atoms with Crippen LogP contribution in [0.2, 0.25) is 0 Å². The largest absolute Gasteiger partial charge is 0.370 e. The molecule has 0 bridgehead atoms. The Balaban J connectivity index is 0.00000200. The second-order valence-corrected chi connectivity index (χ2v) is 5.16. The number of halogens is 1. The number of benzene rings is 1. The molecule has 1 saturated heterocycles. The lowest BCUT2D eigenvalue weighted by molar-refractivity contribution is 0.235. The predicted molar refractivity (Wildman–Crippen MR) is 97.0 cm³/mol. The molecule has 1 aromatic rings. The number of nitrogens with two attached hydrogens (primary N) is 1. The number of aliphatic imine (C=N–C) groups is 1. The minimum absolute atomic E-state index is 0. The van der Waals surface area contributed by atoms with Gasteiger partial charge in [0.05, 0.1) is 6.54 Å². The van der Waals surface area contributed by atoms with Crippen molar-refractivity contribution in [2.24, 2.45) is 10.7 Å². The van der Waals surface area contributed by atoms with Crippen LogP contribution in [0.25, 0.3) is 0 Å². The molecule has 0 aliphatic carbocycles. The number of hydrogen-bond donors (Lipinski definition) is 2. The summed E-state index contributed by atoms with van der Waals surface area (Å²) in [4.78, 5) is 6.85. The molecule has 0 spiro atoms. The van der Waals surface area contributed by atoms with Crippen LogP contribution in [0.3, 0.4) is 0 Å². The molecular weight excluding hydrogens is 363 g/mol. The number of rotatable bonds is 4. The molecule has 1 heterocycles. The fraction of sp³-hybridized carbons (Fsp3) is 0.533. The lowest BCUT2D eigenvalue weighted by atomic mass is 10.1. The van der Waals surface area contributed by atoms with Gasteiger partial charge in [-0.1, -0.05) is 18.6 Å². The summed E-state index contributed by atoms with van der Waals surface area (Å²) in [6, 6.07) is 8.14. The molecular formula is C15H25IN4. The first-order valence-electron chi connectivity index (χ1n) is 7.10. The first-order chi connectivity index (χ1) is 9.24. The zero-order chi connectivity index (χ0) is 13.5. The standard InChI is InChI=1S/C15H24N4.HI/c1-13-6-5-7-14(12-13)18-15(16)17-8-11-19-9-3-2-4-10-19;/h5-7,12H,2-4,8-11H2,1H3,(H3,16,17,18);1H. The van der Waals surface area contributed by atoms with E-state index in [4.69, 9.17) is 5.73 Å². The van der Waals surface area contributed by atoms with Crippen molar-refractivity contribution in [2.45, 2.75) is 26.2 Å². The summed E-state index contributed by atoms with van der Waals surface area (Å²) in [7, 11) is 0. The van der Waals surface area contributed by atoms with Crippen molar-refractivity contribution in [1.29, 1.82) is 0 Å². The highest BCUT2D eigenvalue weighted by Crippen LogP contribution is 2.09. The Morgan fingerprint density at radius 2 is 2.05 bits per heavy atom. The Kier molecular flexibility index (Phi) is 7.91. The van der Waals surface area contributed by atoms with Crippen LogP contribution in [-0.4, -0.2) is 37.0 Å². The fourth-order valence-electron chi connectivity index (χ4n) is 2.41. The van der Waals surface area contributed by atoms with E-state index in [2.05, 4.69) is 34.3 Å². The average Bonchev–Trinajstić information content (AvgIpc) is 2.40. The Hall–Kier alpha value is -0.820. The van der Waals surface area contributed by atoms with Crippen molar-refractivity contribution in [3.8, 4) is 0 Å². The van der Waals surface area contributed by atoms with E-state index in [1.807, 2.05) is 12.1 Å². The van der Waals surface area contributed by atoms with Gasteiger partial charge < -0.3 is 16.0 Å². The summed E-state index contributed by atoms with van der Waals surface area (Å²) < 4.78 is 0. The van der Waals surface area contributed by atoms with Gasteiger partial charge in [-0.15, -0.1) is 24.0 Å². The summed E-state index contributed by atoms with van der Waals surface area (Å²) in [5.74, 6) is 0.502. The summed E-state index contributed by atoms with van der Waals surface area (Å²) >= 11 is 0. The second-order valence-electron chi connectivity index (χ2n) is 5.16. The van der Waals surface area contributed by atoms with Crippen molar-refractivity contribution in [3.05, 3.63) is 29.8 Å². The van der Waals surface area contributed by atoms with Crippen molar-refractivity contribution in [3.63, 3.8) is 0 Å². The number of anilines is 1. The van der Waals surface area contributed by atoms with Crippen LogP contribution in [0.15, 0.2) is 29.3 Å². The molecule has 112 valence electrons. The van der Waals surface area contributed by atoms with E-state index in [-0.39, 0.29) is 24.0 Å². The van der Waals surface area contributed by atoms with E-state index < -0.39 is 0 Å². The van der Waals surface area contributed by atoms with Crippen molar-refractivity contribution in [2.75, 3.05) is 31.5 Å². The maximum Gasteiger partial charge on any atom is 0.193 e. The first kappa shape index (κ1) is 17.2. The zero-order valence-electron chi connectivity index (χ0n) is 12.1. The summed E-state index contributed by atoms with van der Waals surface area (Å²) in [5, 5.41) is 3.13. The van der Waals surface area contributed by atoms with Crippen molar-refractivity contribution < 1.29 is 0 Å². The molecule has 2 rings (SSSR count). The van der Waals surface area contributed by atoms with Crippen LogP contribution in [0, 0.1) is 6.92 Å². The van der Waals surface area contributed by atoms with Crippen LogP contribution < -0.4 is 11.1 Å². The van der Waals surface area contributed by atoms with E-state index in [1.165, 1.54) is 37.9 Å². The van der Waals surface area contributed by atoms with E-state index in [1.54, 1.807) is 0 Å². The maximum absolute atomic E-state index is 5.89. The molecule has 0 saturated carbocycles. The third-order valence-electron chi connectivity index (χ3n) is 3.44. The number of likely N-dealkylation sites (tertiary alicyclic amines) is 1. The van der Waals surface area contributed by atoms with E-state index in [0.29, 0.717) is 5.96 Å². The van der Waals surface area contributed by atoms with Crippen molar-refractivity contribution >= 4 is 35.6 Å². The van der Waals surface area contributed by atoms with E-state index in [9.17, 15) is 0 Å². The summed E-state index contributed by atoms with van der Waals surface area (Å²) in [6.45, 7) is 6.26. The highest BCUT2D eigenvalue weighted by Gasteiger charge is 2.08. The molecule has 1 aromatic carbocycles. The SMILES string of the molecule is Cc1cccc(NC(N)=NCCN2CCCCC2)c1.I. The average molecular weight is 388 g/mol. The predicted octanol–water partition coefficient (Wildman–Crippen LogP) is 2.83. The molecule has 1 fully saturated rings. The molecule has 1 aliphatic heterocycles. The quantitative estimate of drug-likeness (QED) is 0.474. The molecule has 5 heteroatoms. The molecule has 0 amide bonds. The van der Waals surface area contributed by atoms with Gasteiger partial charge in [0.15, 0.2) is 5.96 Å². The van der Waals surface area contributed by atoms with Crippen LogP contribution in [0.5, 0.6) is 0 Å². The van der Waals surface area contributed by atoms with Gasteiger partial charge >= 0.3 is 0 Å². The number of nitrogens with one attached hydrogen (secondary N) is 1. The molecule has 0 atom stereocenters. The van der Waals surface area contributed by atoms with Crippen LogP contribution in [-0.2, 0) is 0 Å². The summed E-state index contributed by atoms with van der Waals surface area (Å²) in [6.07, 6.45) is 4.01. The molecule has 0 unspecified atom stereocenters. The summed E-state index contributed by atoms with van der Waals surface area (Å²) in [5.41, 5.74) is 8.11. The third-order valence-corrected chi connectivity index (χ3v) is 3.44. The number of hydrogen-bond acceptors (Lipinski definition) is 2. The molecule has 20 heavy (non-hydrogen) atoms. The highest BCUT2D eigenvalue weighted by molar-refractivity contribution is 14.0. The number of guanidine groups is 1. The molecule has 3 N–H and O–H groups in total. The van der Waals surface area contributed by atoms with E-state index >= 15 is 0 Å². The van der Waals surface area contributed by atoms with Crippen LogP contribution in [0.4, 0.5) is 5.69 Å². The van der Waals surface area contributed by atoms with Crippen molar-refractivity contribution in [1.82, 2.24) is 4.90 Å². The lowest BCUT2D eigenvalue weighted by Gasteiger charge is -2.25. The Labute approximate surface area is 138 Å². The lowest BCUT2D eigenvalue weighted by Crippen LogP contribution is -2.32. The third kappa shape index (κ3) is 6.09. The Morgan fingerprint density at radius 1 is 1.30 bits per heavy atom. The highest BCUT2D eigenvalue weighted by atomic mass is 127. The monoisotopic (exact) mass is 388 g/mol. The van der Waals surface area contributed by atoms with Crippen LogP contribution in [0.1, 0.15) is 24.8 Å². The minimum atomic E-state index is 0. The molecule has 4 nitrogen and oxygen atoms in total. The van der Waals surface area contributed by atoms with Gasteiger partial charge in [-0.05, 0) is 50.6 Å². The number of aryl methyl sites for hydroxylation is 1. The normalized spacial score (nSPS) is 16.6. The first-order valence-corrected chi connectivity index (χ1v) is 7.10. The minimum Gasteiger partial charge on any atom is -0.370 e. The van der Waals surface area contributed by atoms with E-state index in [0.717, 1.165) is 18.8 Å². The zero-order valence-corrected chi connectivity index (χ0v) is 14.5. The smallest absolute Gasteiger partial charge is 0.193 e. The van der Waals surface area contributed by atoms with Gasteiger partial charge in [0.1, 0.15) is 0 Å². The Morgan fingerprint density at radius 3 is 2.75 bits per heavy atom. The van der Waals surface area contributed by atoms with Gasteiger partial charge in [0.25, 0.3) is 0 Å².